The third-order valence-electron chi connectivity index (χ3n) is 2.38. The Labute approximate surface area is 102 Å². The van der Waals surface area contributed by atoms with Crippen LogP contribution in [0.5, 0.6) is 0 Å². The molecule has 0 bridgehead atoms. The van der Waals surface area contributed by atoms with E-state index in [0.717, 1.165) is 15.4 Å². The molecule has 1 heterocycles. The van der Waals surface area contributed by atoms with E-state index < -0.39 is 5.97 Å². The van der Waals surface area contributed by atoms with Crippen LogP contribution in [0.1, 0.15) is 23.0 Å². The minimum absolute atomic E-state index is 0.281. The first-order chi connectivity index (χ1) is 7.65. The summed E-state index contributed by atoms with van der Waals surface area (Å²) in [4.78, 5) is 11.6. The molecule has 0 amide bonds. The highest BCUT2D eigenvalue weighted by Gasteiger charge is 2.19. The van der Waals surface area contributed by atoms with Gasteiger partial charge in [-0.15, -0.1) is 0 Å². The van der Waals surface area contributed by atoms with Gasteiger partial charge in [0.2, 0.25) is 5.76 Å². The highest BCUT2D eigenvalue weighted by molar-refractivity contribution is 9.10. The SMILES string of the molecule is CCOC(=O)c1oc2c(Br)cccc2c1C. The molecule has 0 aliphatic carbocycles. The van der Waals surface area contributed by atoms with E-state index in [0.29, 0.717) is 12.2 Å². The molecular weight excluding hydrogens is 272 g/mol. The number of benzene rings is 1. The molecule has 1 aromatic heterocycles. The quantitative estimate of drug-likeness (QED) is 0.789. The Hall–Kier alpha value is -1.29. The zero-order valence-electron chi connectivity index (χ0n) is 9.04. The van der Waals surface area contributed by atoms with E-state index in [9.17, 15) is 4.79 Å². The molecule has 0 fully saturated rings. The van der Waals surface area contributed by atoms with Gasteiger partial charge >= 0.3 is 5.97 Å². The Morgan fingerprint density at radius 3 is 2.88 bits per heavy atom. The highest BCUT2D eigenvalue weighted by Crippen LogP contribution is 2.31. The van der Waals surface area contributed by atoms with Crippen molar-refractivity contribution in [2.75, 3.05) is 6.61 Å². The number of fused-ring (bicyclic) bond motifs is 1. The summed E-state index contributed by atoms with van der Waals surface area (Å²) in [5, 5.41) is 0.928. The molecule has 0 atom stereocenters. The van der Waals surface area contributed by atoms with Crippen LogP contribution < -0.4 is 0 Å². The fourth-order valence-electron chi connectivity index (χ4n) is 1.60. The van der Waals surface area contributed by atoms with Gasteiger partial charge in [0, 0.05) is 10.9 Å². The predicted octanol–water partition coefficient (Wildman–Crippen LogP) is 3.68. The van der Waals surface area contributed by atoms with E-state index in [1.54, 1.807) is 6.92 Å². The van der Waals surface area contributed by atoms with E-state index >= 15 is 0 Å². The van der Waals surface area contributed by atoms with Crippen LogP contribution in [0.4, 0.5) is 0 Å². The van der Waals surface area contributed by atoms with E-state index in [4.69, 9.17) is 9.15 Å². The van der Waals surface area contributed by atoms with E-state index in [1.165, 1.54) is 0 Å². The van der Waals surface area contributed by atoms with Crippen molar-refractivity contribution in [3.63, 3.8) is 0 Å². The maximum absolute atomic E-state index is 11.6. The number of halogens is 1. The molecule has 0 radical (unpaired) electrons. The van der Waals surface area contributed by atoms with Crippen LogP contribution in [0.3, 0.4) is 0 Å². The van der Waals surface area contributed by atoms with Crippen LogP contribution in [-0.2, 0) is 4.74 Å². The van der Waals surface area contributed by atoms with E-state index in [-0.39, 0.29) is 5.76 Å². The number of aryl methyl sites for hydroxylation is 1. The second-order valence-electron chi connectivity index (χ2n) is 3.39. The Morgan fingerprint density at radius 1 is 1.50 bits per heavy atom. The van der Waals surface area contributed by atoms with Crippen LogP contribution >= 0.6 is 15.9 Å². The van der Waals surface area contributed by atoms with E-state index in [2.05, 4.69) is 15.9 Å². The first-order valence-electron chi connectivity index (χ1n) is 5.00. The maximum atomic E-state index is 11.6. The van der Waals surface area contributed by atoms with Gasteiger partial charge < -0.3 is 9.15 Å². The molecule has 2 rings (SSSR count). The van der Waals surface area contributed by atoms with Crippen LogP contribution in [0, 0.1) is 6.92 Å². The highest BCUT2D eigenvalue weighted by atomic mass is 79.9. The molecule has 0 saturated carbocycles. The molecule has 1 aromatic carbocycles. The average molecular weight is 283 g/mol. The Kier molecular flexibility index (Phi) is 3.01. The van der Waals surface area contributed by atoms with Crippen LogP contribution in [0.2, 0.25) is 0 Å². The molecule has 0 spiro atoms. The molecule has 0 aliphatic heterocycles. The monoisotopic (exact) mass is 282 g/mol. The summed E-state index contributed by atoms with van der Waals surface area (Å²) in [5.74, 6) is -0.133. The largest absolute Gasteiger partial charge is 0.460 e. The lowest BCUT2D eigenvalue weighted by molar-refractivity contribution is 0.0491. The topological polar surface area (TPSA) is 39.4 Å². The zero-order valence-corrected chi connectivity index (χ0v) is 10.6. The van der Waals surface area contributed by atoms with Crippen LogP contribution in [0.15, 0.2) is 27.1 Å². The zero-order chi connectivity index (χ0) is 11.7. The van der Waals surface area contributed by atoms with Gasteiger partial charge in [-0.3, -0.25) is 0 Å². The van der Waals surface area contributed by atoms with Crippen molar-refractivity contribution >= 4 is 32.9 Å². The van der Waals surface area contributed by atoms with Gasteiger partial charge in [0.1, 0.15) is 5.58 Å². The number of carbonyl (C=O) groups is 1. The third-order valence-corrected chi connectivity index (χ3v) is 3.00. The maximum Gasteiger partial charge on any atom is 0.374 e. The number of carbonyl (C=O) groups excluding carboxylic acids is 1. The average Bonchev–Trinajstić information content (AvgIpc) is 2.59. The van der Waals surface area contributed by atoms with Gasteiger partial charge in [0.15, 0.2) is 0 Å². The van der Waals surface area contributed by atoms with Crippen LogP contribution in [-0.4, -0.2) is 12.6 Å². The summed E-state index contributed by atoms with van der Waals surface area (Å²) in [5.41, 5.74) is 1.50. The lowest BCUT2D eigenvalue weighted by atomic mass is 10.1. The lowest BCUT2D eigenvalue weighted by Crippen LogP contribution is -2.04. The van der Waals surface area contributed by atoms with Crippen molar-refractivity contribution < 1.29 is 13.9 Å². The summed E-state index contributed by atoms with van der Waals surface area (Å²) in [6.45, 7) is 3.97. The minimum atomic E-state index is -0.414. The molecule has 84 valence electrons. The number of hydrogen-bond donors (Lipinski definition) is 0. The van der Waals surface area contributed by atoms with Gasteiger partial charge in [0.05, 0.1) is 11.1 Å². The van der Waals surface area contributed by atoms with Crippen molar-refractivity contribution in [3.8, 4) is 0 Å². The molecule has 0 N–H and O–H groups in total. The molecule has 16 heavy (non-hydrogen) atoms. The van der Waals surface area contributed by atoms with Gasteiger partial charge in [-0.05, 0) is 35.8 Å². The van der Waals surface area contributed by atoms with Gasteiger partial charge in [0.25, 0.3) is 0 Å². The second-order valence-corrected chi connectivity index (χ2v) is 4.25. The first kappa shape index (κ1) is 11.2. The number of rotatable bonds is 2. The lowest BCUT2D eigenvalue weighted by Gasteiger charge is -1.97. The van der Waals surface area contributed by atoms with Crippen molar-refractivity contribution in [1.82, 2.24) is 0 Å². The smallest absolute Gasteiger partial charge is 0.374 e. The van der Waals surface area contributed by atoms with E-state index in [1.807, 2.05) is 25.1 Å². The molecule has 3 nitrogen and oxygen atoms in total. The third kappa shape index (κ3) is 1.73. The summed E-state index contributed by atoms with van der Waals surface area (Å²) < 4.78 is 11.3. The molecular formula is C12H11BrO3. The van der Waals surface area contributed by atoms with Crippen molar-refractivity contribution in [2.45, 2.75) is 13.8 Å². The van der Waals surface area contributed by atoms with Crippen molar-refractivity contribution in [3.05, 3.63) is 34.0 Å². The predicted molar refractivity (Wildman–Crippen MR) is 64.6 cm³/mol. The normalized spacial score (nSPS) is 10.7. The number of furan rings is 1. The molecule has 2 aromatic rings. The first-order valence-corrected chi connectivity index (χ1v) is 5.79. The molecule has 0 saturated heterocycles. The Bertz CT molecular complexity index is 542. The van der Waals surface area contributed by atoms with Crippen LogP contribution in [0.25, 0.3) is 11.0 Å². The minimum Gasteiger partial charge on any atom is -0.460 e. The van der Waals surface area contributed by atoms with Gasteiger partial charge in [-0.1, -0.05) is 12.1 Å². The van der Waals surface area contributed by atoms with Gasteiger partial charge in [-0.25, -0.2) is 4.79 Å². The van der Waals surface area contributed by atoms with Crippen molar-refractivity contribution in [1.29, 1.82) is 0 Å². The summed E-state index contributed by atoms with van der Waals surface area (Å²) >= 11 is 3.39. The second kappa shape index (κ2) is 4.29. The number of para-hydroxylation sites is 1. The molecule has 0 aliphatic rings. The van der Waals surface area contributed by atoms with Gasteiger partial charge in [-0.2, -0.15) is 0 Å². The molecule has 0 unspecified atom stereocenters. The number of hydrogen-bond acceptors (Lipinski definition) is 3. The Morgan fingerprint density at radius 2 is 2.25 bits per heavy atom. The molecule has 4 heteroatoms. The number of ether oxygens (including phenoxy) is 1. The summed E-state index contributed by atoms with van der Waals surface area (Å²) in [7, 11) is 0. The fraction of sp³-hybridized carbons (Fsp3) is 0.250. The standard InChI is InChI=1S/C12H11BrO3/c1-3-15-12(14)10-7(2)8-5-4-6-9(13)11(8)16-10/h4-6H,3H2,1-2H3. The number of esters is 1. The summed E-state index contributed by atoms with van der Waals surface area (Å²) in [6, 6.07) is 5.70. The van der Waals surface area contributed by atoms with Crippen molar-refractivity contribution in [2.24, 2.45) is 0 Å². The fourth-order valence-corrected chi connectivity index (χ4v) is 2.05. The Balaban J connectivity index is 2.60. The summed E-state index contributed by atoms with van der Waals surface area (Å²) in [6.07, 6.45) is 0.